The van der Waals surface area contributed by atoms with Gasteiger partial charge in [-0.15, -0.1) is 0 Å². The molecule has 1 fully saturated rings. The minimum atomic E-state index is -0.319. The first-order chi connectivity index (χ1) is 15.9. The summed E-state index contributed by atoms with van der Waals surface area (Å²) in [6.07, 6.45) is 1.15. The standard InChI is InChI=1S/C24H27N7O2/c1-15(2)18-5-7-19(8-6-18)30-17(4)12-20(28-30)23(32)29-9-10-33-22(13-29)21-11-16(3)27-24-25-14-26-31(21)24/h5-8,11-12,14-15,22H,9-10,13H2,1-4H3. The molecule has 9 nitrogen and oxygen atoms in total. The predicted octanol–water partition coefficient (Wildman–Crippen LogP) is 3.26. The summed E-state index contributed by atoms with van der Waals surface area (Å²) in [6, 6.07) is 12.1. The number of amides is 1. The lowest BCUT2D eigenvalue weighted by Gasteiger charge is -2.32. The van der Waals surface area contributed by atoms with Crippen molar-refractivity contribution < 1.29 is 9.53 Å². The van der Waals surface area contributed by atoms with Gasteiger partial charge in [0.25, 0.3) is 11.7 Å². The second kappa shape index (κ2) is 8.40. The quantitative estimate of drug-likeness (QED) is 0.479. The van der Waals surface area contributed by atoms with E-state index in [2.05, 4.69) is 46.1 Å². The highest BCUT2D eigenvalue weighted by Gasteiger charge is 2.30. The fraction of sp³-hybridized carbons (Fsp3) is 0.375. The summed E-state index contributed by atoms with van der Waals surface area (Å²) in [5.74, 6) is 0.881. The molecular weight excluding hydrogens is 418 g/mol. The van der Waals surface area contributed by atoms with Gasteiger partial charge in [0.15, 0.2) is 5.69 Å². The van der Waals surface area contributed by atoms with Gasteiger partial charge < -0.3 is 9.64 Å². The number of aromatic nitrogens is 6. The van der Waals surface area contributed by atoms with Crippen molar-refractivity contribution in [1.29, 1.82) is 0 Å². The SMILES string of the molecule is Cc1cc(C2CN(C(=O)c3cc(C)n(-c4ccc(C(C)C)cc4)n3)CCO2)n2ncnc2n1. The van der Waals surface area contributed by atoms with Crippen LogP contribution >= 0.6 is 0 Å². The van der Waals surface area contributed by atoms with Gasteiger partial charge in [-0.1, -0.05) is 26.0 Å². The predicted molar refractivity (Wildman–Crippen MR) is 123 cm³/mol. The van der Waals surface area contributed by atoms with Gasteiger partial charge >= 0.3 is 0 Å². The Morgan fingerprint density at radius 2 is 1.94 bits per heavy atom. The molecule has 0 N–H and O–H groups in total. The maximum Gasteiger partial charge on any atom is 0.274 e. The number of rotatable bonds is 4. The van der Waals surface area contributed by atoms with E-state index in [1.807, 2.05) is 42.8 Å². The molecule has 4 aromatic rings. The minimum Gasteiger partial charge on any atom is -0.368 e. The van der Waals surface area contributed by atoms with Crippen molar-refractivity contribution in [2.75, 3.05) is 19.7 Å². The molecule has 1 atom stereocenters. The lowest BCUT2D eigenvalue weighted by Crippen LogP contribution is -2.43. The van der Waals surface area contributed by atoms with E-state index in [1.165, 1.54) is 11.9 Å². The first-order valence-corrected chi connectivity index (χ1v) is 11.2. The van der Waals surface area contributed by atoms with Gasteiger partial charge in [0, 0.05) is 17.9 Å². The zero-order valence-corrected chi connectivity index (χ0v) is 19.3. The average molecular weight is 446 g/mol. The van der Waals surface area contributed by atoms with Crippen LogP contribution < -0.4 is 0 Å². The van der Waals surface area contributed by atoms with Crippen LogP contribution in [-0.4, -0.2) is 59.9 Å². The Hall–Kier alpha value is -3.59. The maximum absolute atomic E-state index is 13.3. The Morgan fingerprint density at radius 1 is 1.15 bits per heavy atom. The molecule has 1 aliphatic heterocycles. The summed E-state index contributed by atoms with van der Waals surface area (Å²) < 4.78 is 9.50. The Kier molecular flexibility index (Phi) is 5.41. The van der Waals surface area contributed by atoms with Crippen molar-refractivity contribution in [2.45, 2.75) is 39.7 Å². The molecule has 1 aliphatic rings. The molecule has 1 saturated heterocycles. The normalized spacial score (nSPS) is 16.6. The van der Waals surface area contributed by atoms with Crippen LogP contribution in [0.25, 0.3) is 11.5 Å². The second-order valence-electron chi connectivity index (χ2n) is 8.73. The number of nitrogens with zero attached hydrogens (tertiary/aromatic N) is 7. The Bertz CT molecular complexity index is 1310. The van der Waals surface area contributed by atoms with Gasteiger partial charge in [-0.25, -0.2) is 9.67 Å². The first-order valence-electron chi connectivity index (χ1n) is 11.2. The third kappa shape index (κ3) is 4.00. The van der Waals surface area contributed by atoms with Gasteiger partial charge in [0.2, 0.25) is 0 Å². The molecule has 33 heavy (non-hydrogen) atoms. The number of hydrogen-bond acceptors (Lipinski definition) is 6. The molecule has 0 aliphatic carbocycles. The highest BCUT2D eigenvalue weighted by atomic mass is 16.5. The third-order valence-electron chi connectivity index (χ3n) is 6.00. The minimum absolute atomic E-state index is 0.107. The van der Waals surface area contributed by atoms with Crippen LogP contribution in [0.3, 0.4) is 0 Å². The Labute approximate surface area is 192 Å². The van der Waals surface area contributed by atoms with E-state index in [9.17, 15) is 4.79 Å². The van der Waals surface area contributed by atoms with Gasteiger partial charge in [0.05, 0.1) is 24.5 Å². The summed E-state index contributed by atoms with van der Waals surface area (Å²) in [5, 5.41) is 8.90. The van der Waals surface area contributed by atoms with Gasteiger partial charge in [-0.2, -0.15) is 19.7 Å². The molecule has 3 aromatic heterocycles. The van der Waals surface area contributed by atoms with E-state index >= 15 is 0 Å². The number of ether oxygens (including phenoxy) is 1. The Balaban J connectivity index is 1.38. The molecule has 0 radical (unpaired) electrons. The highest BCUT2D eigenvalue weighted by Crippen LogP contribution is 2.24. The molecule has 1 amide bonds. The molecule has 9 heteroatoms. The summed E-state index contributed by atoms with van der Waals surface area (Å²) in [4.78, 5) is 23.7. The number of benzene rings is 1. The summed E-state index contributed by atoms with van der Waals surface area (Å²) in [6.45, 7) is 9.56. The smallest absolute Gasteiger partial charge is 0.274 e. The van der Waals surface area contributed by atoms with Crippen molar-refractivity contribution >= 4 is 11.7 Å². The molecule has 1 aromatic carbocycles. The van der Waals surface area contributed by atoms with Crippen LogP contribution in [0, 0.1) is 13.8 Å². The van der Waals surface area contributed by atoms with Crippen molar-refractivity contribution in [2.24, 2.45) is 0 Å². The fourth-order valence-corrected chi connectivity index (χ4v) is 4.20. The molecular formula is C24H27N7O2. The summed E-state index contributed by atoms with van der Waals surface area (Å²) in [5.41, 5.74) is 5.21. The molecule has 0 bridgehead atoms. The van der Waals surface area contributed by atoms with Crippen molar-refractivity contribution in [3.8, 4) is 5.69 Å². The lowest BCUT2D eigenvalue weighted by atomic mass is 10.0. The third-order valence-corrected chi connectivity index (χ3v) is 6.00. The van der Waals surface area contributed by atoms with E-state index in [-0.39, 0.29) is 12.0 Å². The number of aryl methyl sites for hydroxylation is 2. The molecule has 5 rings (SSSR count). The van der Waals surface area contributed by atoms with E-state index in [0.29, 0.717) is 37.1 Å². The number of carbonyl (C=O) groups excluding carboxylic acids is 1. The van der Waals surface area contributed by atoms with Gasteiger partial charge in [0.1, 0.15) is 12.4 Å². The van der Waals surface area contributed by atoms with Gasteiger partial charge in [-0.05, 0) is 49.6 Å². The monoisotopic (exact) mass is 445 g/mol. The summed E-state index contributed by atoms with van der Waals surface area (Å²) >= 11 is 0. The van der Waals surface area contributed by atoms with Crippen molar-refractivity contribution in [3.05, 3.63) is 71.1 Å². The number of fused-ring (bicyclic) bond motifs is 1. The largest absolute Gasteiger partial charge is 0.368 e. The second-order valence-corrected chi connectivity index (χ2v) is 8.73. The van der Waals surface area contributed by atoms with E-state index in [4.69, 9.17) is 4.74 Å². The zero-order valence-electron chi connectivity index (χ0n) is 19.3. The number of carbonyl (C=O) groups is 1. The maximum atomic E-state index is 13.3. The van der Waals surface area contributed by atoms with Crippen LogP contribution in [0.1, 0.15) is 59.0 Å². The van der Waals surface area contributed by atoms with Crippen LogP contribution in [0.5, 0.6) is 0 Å². The molecule has 4 heterocycles. The molecule has 170 valence electrons. The first kappa shape index (κ1) is 21.3. The topological polar surface area (TPSA) is 90.4 Å². The molecule has 0 spiro atoms. The lowest BCUT2D eigenvalue weighted by molar-refractivity contribution is -0.0259. The zero-order chi connectivity index (χ0) is 23.1. The van der Waals surface area contributed by atoms with Crippen LogP contribution in [-0.2, 0) is 4.74 Å². The number of morpholine rings is 1. The number of hydrogen-bond donors (Lipinski definition) is 0. The van der Waals surface area contributed by atoms with E-state index in [1.54, 1.807) is 9.42 Å². The van der Waals surface area contributed by atoms with Crippen molar-refractivity contribution in [3.63, 3.8) is 0 Å². The Morgan fingerprint density at radius 3 is 2.70 bits per heavy atom. The molecule has 0 saturated carbocycles. The average Bonchev–Trinajstić information content (AvgIpc) is 3.44. The van der Waals surface area contributed by atoms with E-state index < -0.39 is 0 Å². The summed E-state index contributed by atoms with van der Waals surface area (Å²) in [7, 11) is 0. The fourth-order valence-electron chi connectivity index (χ4n) is 4.20. The van der Waals surface area contributed by atoms with E-state index in [0.717, 1.165) is 22.8 Å². The van der Waals surface area contributed by atoms with Crippen molar-refractivity contribution in [1.82, 2.24) is 34.3 Å². The highest BCUT2D eigenvalue weighted by molar-refractivity contribution is 5.92. The van der Waals surface area contributed by atoms with Gasteiger partial charge in [-0.3, -0.25) is 4.79 Å². The van der Waals surface area contributed by atoms with Crippen LogP contribution in [0.4, 0.5) is 0 Å². The van der Waals surface area contributed by atoms with Crippen LogP contribution in [0.15, 0.2) is 42.7 Å². The van der Waals surface area contributed by atoms with Crippen LogP contribution in [0.2, 0.25) is 0 Å². The molecule has 1 unspecified atom stereocenters.